The number of benzene rings is 2. The molecule has 0 bridgehead atoms. The van der Waals surface area contributed by atoms with Crippen LogP contribution in [0.2, 0.25) is 0 Å². The molecule has 5 aromatic heterocycles. The Bertz CT molecular complexity index is 2300. The van der Waals surface area contributed by atoms with Crippen molar-refractivity contribution in [1.29, 1.82) is 0 Å². The van der Waals surface area contributed by atoms with Crippen molar-refractivity contribution < 1.29 is 14.1 Å². The molecule has 0 saturated heterocycles. The van der Waals surface area contributed by atoms with Crippen LogP contribution < -0.4 is 24.3 Å². The molecule has 1 spiro atoms. The van der Waals surface area contributed by atoms with Gasteiger partial charge in [-0.3, -0.25) is 4.79 Å². The van der Waals surface area contributed by atoms with Crippen LogP contribution in [0, 0.1) is 13.8 Å². The summed E-state index contributed by atoms with van der Waals surface area (Å²) >= 11 is 0. The summed E-state index contributed by atoms with van der Waals surface area (Å²) in [4.78, 5) is 16.1. The topological polar surface area (TPSA) is 56.3 Å². The molecule has 3 aliphatic rings. The SMILES string of the molecule is Cc1nn2c(c1C)-c1cccc3[n+]1[N+]21c2c(ccc4c(=O)c5cccc6c7ccc[n+]1c7n(c24)c56)O3. The Hall–Kier alpha value is -4.82. The summed E-state index contributed by atoms with van der Waals surface area (Å²) in [6.07, 6.45) is 2.11. The van der Waals surface area contributed by atoms with Gasteiger partial charge < -0.3 is 4.74 Å². The molecule has 36 heavy (non-hydrogen) atoms. The second-order valence-corrected chi connectivity index (χ2v) is 9.94. The Morgan fingerprint density at radius 2 is 1.69 bits per heavy atom. The van der Waals surface area contributed by atoms with Crippen LogP contribution in [0.1, 0.15) is 11.3 Å². The van der Waals surface area contributed by atoms with Crippen molar-refractivity contribution in [3.63, 3.8) is 0 Å². The normalized spacial score (nSPS) is 18.2. The second-order valence-electron chi connectivity index (χ2n) is 9.94. The average molecular weight is 469 g/mol. The van der Waals surface area contributed by atoms with E-state index >= 15 is 0 Å². The van der Waals surface area contributed by atoms with Gasteiger partial charge in [0.05, 0.1) is 27.9 Å². The standard InChI is InChI=1S/C28H17N6O2/c1-14-15(2)29-33-23(14)20-9-4-10-22-32(20)34(33)26-21(36-22)12-11-19-25(26)31-24-16(6-3-7-18(24)27(19)35)17-8-5-13-30(34)28(17)31/h3-13H,1-2H3/q+3. The van der Waals surface area contributed by atoms with Crippen molar-refractivity contribution in [2.24, 2.45) is 0 Å². The first-order valence-electron chi connectivity index (χ1n) is 12.0. The number of ether oxygens (including phenoxy) is 1. The number of hydrogen-bond acceptors (Lipinski definition) is 3. The van der Waals surface area contributed by atoms with Crippen LogP contribution in [0.3, 0.4) is 0 Å². The molecule has 7 aromatic rings. The number of aryl methyl sites for hydroxylation is 1. The largest absolute Gasteiger partial charge is 0.438 e. The lowest BCUT2D eigenvalue weighted by atomic mass is 10.1. The minimum absolute atomic E-state index is 0.0386. The fourth-order valence-corrected chi connectivity index (χ4v) is 6.94. The van der Waals surface area contributed by atoms with Crippen molar-refractivity contribution in [1.82, 2.24) is 19.1 Å². The molecule has 8 nitrogen and oxygen atoms in total. The quantitative estimate of drug-likeness (QED) is 0.193. The molecule has 0 radical (unpaired) electrons. The van der Waals surface area contributed by atoms with Gasteiger partial charge in [0.2, 0.25) is 27.2 Å². The van der Waals surface area contributed by atoms with E-state index in [1.807, 2.05) is 36.4 Å². The summed E-state index contributed by atoms with van der Waals surface area (Å²) in [7, 11) is 0. The third-order valence-electron chi connectivity index (χ3n) is 8.41. The highest BCUT2D eigenvalue weighted by atomic mass is 16.5. The molecule has 0 amide bonds. The highest BCUT2D eigenvalue weighted by Crippen LogP contribution is 2.50. The molecule has 1 atom stereocenters. The van der Waals surface area contributed by atoms with E-state index in [0.29, 0.717) is 11.1 Å². The molecule has 0 aliphatic carbocycles. The number of pyridine rings is 3. The van der Waals surface area contributed by atoms with Crippen molar-refractivity contribution in [2.45, 2.75) is 13.8 Å². The molecule has 168 valence electrons. The Morgan fingerprint density at radius 1 is 0.889 bits per heavy atom. The molecule has 0 saturated carbocycles. The second kappa shape index (κ2) is 5.07. The van der Waals surface area contributed by atoms with Gasteiger partial charge in [-0.2, -0.15) is 4.40 Å². The molecule has 8 heteroatoms. The number of rotatable bonds is 0. The molecule has 10 rings (SSSR count). The van der Waals surface area contributed by atoms with E-state index in [1.54, 1.807) is 0 Å². The van der Waals surface area contributed by atoms with Gasteiger partial charge >= 0.3 is 22.9 Å². The first-order chi connectivity index (χ1) is 17.6. The Kier molecular flexibility index (Phi) is 2.48. The Labute approximate surface area is 202 Å². The van der Waals surface area contributed by atoms with Gasteiger partial charge in [0.1, 0.15) is 4.68 Å². The van der Waals surface area contributed by atoms with Crippen molar-refractivity contribution in [3.05, 3.63) is 88.3 Å². The van der Waals surface area contributed by atoms with Crippen molar-refractivity contribution in [3.8, 4) is 23.0 Å². The van der Waals surface area contributed by atoms with E-state index in [4.69, 9.17) is 9.84 Å². The number of aromatic nitrogens is 5. The maximum absolute atomic E-state index is 13.9. The summed E-state index contributed by atoms with van der Waals surface area (Å²) in [5.74, 6) is 1.44. The van der Waals surface area contributed by atoms with Gasteiger partial charge in [-0.05, 0) is 56.3 Å². The number of quaternary nitrogens is 1. The van der Waals surface area contributed by atoms with E-state index in [-0.39, 0.29) is 10.2 Å². The number of fused-ring (bicyclic) bond motifs is 3. The van der Waals surface area contributed by atoms with Crippen molar-refractivity contribution >= 4 is 43.9 Å². The highest BCUT2D eigenvalue weighted by molar-refractivity contribution is 6.17. The minimum atomic E-state index is 0.0386. The van der Waals surface area contributed by atoms with E-state index < -0.39 is 0 Å². The van der Waals surface area contributed by atoms with E-state index in [1.165, 1.54) is 0 Å². The minimum Gasteiger partial charge on any atom is -0.394 e. The van der Waals surface area contributed by atoms with Crippen LogP contribution in [0.25, 0.3) is 49.6 Å². The van der Waals surface area contributed by atoms with E-state index in [0.717, 1.165) is 67.1 Å². The summed E-state index contributed by atoms with van der Waals surface area (Å²) in [5.41, 5.74) is 7.92. The van der Waals surface area contributed by atoms with Crippen molar-refractivity contribution in [2.75, 3.05) is 0 Å². The molecule has 1 unspecified atom stereocenters. The zero-order chi connectivity index (χ0) is 23.7. The van der Waals surface area contributed by atoms with Crippen LogP contribution in [0.5, 0.6) is 11.6 Å². The summed E-state index contributed by atoms with van der Waals surface area (Å²) < 4.78 is 13.3. The first kappa shape index (κ1) is 17.6. The lowest BCUT2D eigenvalue weighted by molar-refractivity contribution is -1.05. The molecular weight excluding hydrogens is 452 g/mol. The van der Waals surface area contributed by atoms with E-state index in [9.17, 15) is 4.79 Å². The maximum atomic E-state index is 13.9. The van der Waals surface area contributed by atoms with Gasteiger partial charge in [-0.25, -0.2) is 0 Å². The third kappa shape index (κ3) is 1.46. The summed E-state index contributed by atoms with van der Waals surface area (Å²) in [6, 6.07) is 20.2. The van der Waals surface area contributed by atoms with Gasteiger partial charge in [-0.1, -0.05) is 6.07 Å². The van der Waals surface area contributed by atoms with Gasteiger partial charge in [0, 0.05) is 26.5 Å². The van der Waals surface area contributed by atoms with Crippen LogP contribution in [-0.2, 0) is 0 Å². The molecular formula is C28H17N6O2+3. The summed E-state index contributed by atoms with van der Waals surface area (Å²) in [5, 5.41) is 8.70. The molecule has 2 aromatic carbocycles. The molecule has 3 aliphatic heterocycles. The summed E-state index contributed by atoms with van der Waals surface area (Å²) in [6.45, 7) is 4.17. The smallest absolute Gasteiger partial charge is 0.394 e. The maximum Gasteiger partial charge on any atom is 0.438 e. The zero-order valence-corrected chi connectivity index (χ0v) is 19.4. The lowest BCUT2D eigenvalue weighted by Gasteiger charge is -2.28. The number of hydrogen-bond donors (Lipinski definition) is 0. The van der Waals surface area contributed by atoms with Crippen LogP contribution in [-0.4, -0.2) is 14.3 Å². The fourth-order valence-electron chi connectivity index (χ4n) is 6.94. The first-order valence-corrected chi connectivity index (χ1v) is 12.0. The predicted molar refractivity (Wildman–Crippen MR) is 133 cm³/mol. The van der Waals surface area contributed by atoms with Gasteiger partial charge in [-0.15, -0.1) is 5.10 Å². The molecule has 0 fully saturated rings. The van der Waals surface area contributed by atoms with Crippen LogP contribution in [0.15, 0.2) is 71.7 Å². The fraction of sp³-hybridized carbons (Fsp3) is 0.0714. The third-order valence-corrected chi connectivity index (χ3v) is 8.41. The number of nitrogens with zero attached hydrogens (tertiary/aromatic N) is 6. The lowest BCUT2D eigenvalue weighted by Crippen LogP contribution is -2.88. The zero-order valence-electron chi connectivity index (χ0n) is 19.4. The predicted octanol–water partition coefficient (Wildman–Crippen LogP) is 3.68. The Balaban J connectivity index is 1.63. The monoisotopic (exact) mass is 469 g/mol. The molecule has 8 heterocycles. The number of para-hydroxylation sites is 1. The van der Waals surface area contributed by atoms with Crippen LogP contribution >= 0.6 is 0 Å². The van der Waals surface area contributed by atoms with Gasteiger partial charge in [0.15, 0.2) is 11.7 Å². The highest BCUT2D eigenvalue weighted by Gasteiger charge is 2.71. The average Bonchev–Trinajstić information content (AvgIpc) is 3.50. The Morgan fingerprint density at radius 3 is 2.61 bits per heavy atom. The van der Waals surface area contributed by atoms with E-state index in [2.05, 4.69) is 62.9 Å². The molecule has 0 N–H and O–H groups in total. The van der Waals surface area contributed by atoms with Gasteiger partial charge in [0.25, 0.3) is 0 Å². The van der Waals surface area contributed by atoms with Crippen LogP contribution in [0.4, 0.5) is 5.69 Å².